The number of nitrogens with one attached hydrogen (secondary N) is 2. The average Bonchev–Trinajstić information content (AvgIpc) is 3.47. The molecule has 0 saturated heterocycles. The first-order valence-electron chi connectivity index (χ1n) is 10.7. The van der Waals surface area contributed by atoms with Gasteiger partial charge in [-0.25, -0.2) is 18.9 Å². The molecule has 0 aliphatic heterocycles. The summed E-state index contributed by atoms with van der Waals surface area (Å²) in [4.78, 5) is 29.1. The second-order valence-electron chi connectivity index (χ2n) is 8.22. The van der Waals surface area contributed by atoms with Gasteiger partial charge in [-0.05, 0) is 24.1 Å². The highest BCUT2D eigenvalue weighted by Crippen LogP contribution is 2.26. The number of hydrogen-bond acceptors (Lipinski definition) is 5. The minimum atomic E-state index is -1.82. The number of allylic oxidation sites excluding steroid dienone is 3. The largest absolute Gasteiger partial charge is 0.361 e. The Balaban J connectivity index is 1.49. The quantitative estimate of drug-likeness (QED) is 0.346. The molecule has 3 N–H and O–H groups in total. The smallest absolute Gasteiger partial charge is 0.249 e. The number of rotatable bonds is 8. The van der Waals surface area contributed by atoms with Crippen molar-refractivity contribution in [3.05, 3.63) is 71.5 Å². The molecule has 0 bridgehead atoms. The first-order valence-corrected chi connectivity index (χ1v) is 10.7. The minimum Gasteiger partial charge on any atom is -0.361 e. The number of hydroxylamine groups is 1. The molecular formula is C23H24F2N6O3. The Labute approximate surface area is 193 Å². The number of nitrogens with zero attached hydrogens (tertiary/aromatic N) is 4. The Morgan fingerprint density at radius 1 is 1.35 bits per heavy atom. The van der Waals surface area contributed by atoms with Crippen LogP contribution in [0.25, 0.3) is 10.9 Å². The lowest BCUT2D eigenvalue weighted by Crippen LogP contribution is -2.29. The summed E-state index contributed by atoms with van der Waals surface area (Å²) in [6.07, 6.45) is 4.00. The zero-order valence-electron chi connectivity index (χ0n) is 18.4. The Kier molecular flexibility index (Phi) is 6.82. The summed E-state index contributed by atoms with van der Waals surface area (Å²) in [5.74, 6) is -1.90. The molecule has 1 aliphatic carbocycles. The number of H-pyrrole nitrogens is 1. The maximum atomic E-state index is 13.6. The van der Waals surface area contributed by atoms with Gasteiger partial charge in [-0.15, -0.1) is 5.10 Å². The van der Waals surface area contributed by atoms with Crippen molar-refractivity contribution in [2.24, 2.45) is 0 Å². The highest BCUT2D eigenvalue weighted by atomic mass is 19.2. The Morgan fingerprint density at radius 2 is 2.15 bits per heavy atom. The van der Waals surface area contributed by atoms with Gasteiger partial charge in [0.1, 0.15) is 11.5 Å². The van der Waals surface area contributed by atoms with Crippen molar-refractivity contribution in [1.29, 1.82) is 0 Å². The molecule has 34 heavy (non-hydrogen) atoms. The zero-order chi connectivity index (χ0) is 24.2. The summed E-state index contributed by atoms with van der Waals surface area (Å²) in [5.41, 5.74) is 4.21. The van der Waals surface area contributed by atoms with Gasteiger partial charge in [0.25, 0.3) is 0 Å². The van der Waals surface area contributed by atoms with Crippen LogP contribution in [-0.4, -0.2) is 55.1 Å². The summed E-state index contributed by atoms with van der Waals surface area (Å²) in [6.45, 7) is 0.0886. The summed E-state index contributed by atoms with van der Waals surface area (Å²) < 4.78 is 28.4. The third kappa shape index (κ3) is 5.04. The topological polar surface area (TPSA) is 116 Å². The van der Waals surface area contributed by atoms with Gasteiger partial charge in [-0.3, -0.25) is 14.8 Å². The van der Waals surface area contributed by atoms with Crippen LogP contribution >= 0.6 is 0 Å². The molecular weight excluding hydrogens is 446 g/mol. The van der Waals surface area contributed by atoms with Gasteiger partial charge in [0.05, 0.1) is 25.2 Å². The molecule has 178 valence electrons. The second-order valence-corrected chi connectivity index (χ2v) is 8.22. The number of carbonyl (C=O) groups excluding carboxylic acids is 2. The number of fused-ring (bicyclic) bond motifs is 1. The van der Waals surface area contributed by atoms with E-state index in [1.807, 2.05) is 30.5 Å². The van der Waals surface area contributed by atoms with E-state index < -0.39 is 29.9 Å². The van der Waals surface area contributed by atoms with E-state index in [1.165, 1.54) is 22.7 Å². The van der Waals surface area contributed by atoms with Crippen molar-refractivity contribution in [3.8, 4) is 0 Å². The van der Waals surface area contributed by atoms with Crippen molar-refractivity contribution < 1.29 is 23.6 Å². The lowest BCUT2D eigenvalue weighted by molar-refractivity contribution is -0.130. The van der Waals surface area contributed by atoms with Crippen molar-refractivity contribution in [2.75, 3.05) is 7.05 Å². The monoisotopic (exact) mass is 470 g/mol. The van der Waals surface area contributed by atoms with Crippen LogP contribution in [0.5, 0.6) is 0 Å². The highest BCUT2D eigenvalue weighted by Gasteiger charge is 2.25. The Hall–Kier alpha value is -3.86. The van der Waals surface area contributed by atoms with Gasteiger partial charge in [0, 0.05) is 36.1 Å². The van der Waals surface area contributed by atoms with Crippen LogP contribution in [0.4, 0.5) is 8.78 Å². The van der Waals surface area contributed by atoms with E-state index in [4.69, 9.17) is 5.21 Å². The van der Waals surface area contributed by atoms with E-state index in [9.17, 15) is 18.4 Å². The zero-order valence-corrected chi connectivity index (χ0v) is 18.4. The number of hydrogen-bond donors (Lipinski definition) is 3. The predicted molar refractivity (Wildman–Crippen MR) is 119 cm³/mol. The number of halogens is 2. The number of aromatic amines is 1. The molecule has 2 atom stereocenters. The SMILES string of the molecule is CN(Cc1cn([C@@H](CC(=O)NO)Cc2c[nH]c3ccccc23)nn1)C(=O)C1=CC=C(F)C(F)C1. The van der Waals surface area contributed by atoms with Gasteiger partial charge in [0.15, 0.2) is 6.17 Å². The molecule has 0 fully saturated rings. The molecule has 2 heterocycles. The molecule has 1 unspecified atom stereocenters. The van der Waals surface area contributed by atoms with E-state index in [0.29, 0.717) is 12.1 Å². The van der Waals surface area contributed by atoms with E-state index in [2.05, 4.69) is 15.3 Å². The number of aromatic nitrogens is 4. The lowest BCUT2D eigenvalue weighted by Gasteiger charge is -2.20. The molecule has 2 amide bonds. The number of para-hydroxylation sites is 1. The van der Waals surface area contributed by atoms with Crippen LogP contribution in [0.2, 0.25) is 0 Å². The minimum absolute atomic E-state index is 0.0454. The summed E-state index contributed by atoms with van der Waals surface area (Å²) >= 11 is 0. The van der Waals surface area contributed by atoms with Gasteiger partial charge in [-0.1, -0.05) is 29.5 Å². The number of likely N-dealkylation sites (N-methyl/N-ethyl adjacent to an activating group) is 1. The summed E-state index contributed by atoms with van der Waals surface area (Å²) in [5, 5.41) is 18.3. The third-order valence-corrected chi connectivity index (χ3v) is 5.77. The third-order valence-electron chi connectivity index (χ3n) is 5.77. The van der Waals surface area contributed by atoms with E-state index in [0.717, 1.165) is 22.5 Å². The summed E-state index contributed by atoms with van der Waals surface area (Å²) in [7, 11) is 1.53. The van der Waals surface area contributed by atoms with Gasteiger partial charge in [-0.2, -0.15) is 0 Å². The molecule has 3 aromatic rings. The standard InChI is InChI=1S/C23H24F2N6O3/c1-30(23(33)14-6-7-19(24)20(25)9-14)12-16-13-31(29-27-16)17(10-22(32)28-34)8-15-11-26-21-5-3-2-4-18(15)21/h2-7,11,13,17,20,26,34H,8-10,12H2,1H3,(H,28,32)/t17-,20?/m1/s1. The highest BCUT2D eigenvalue weighted by molar-refractivity contribution is 5.94. The molecule has 9 nitrogen and oxygen atoms in total. The summed E-state index contributed by atoms with van der Waals surface area (Å²) in [6, 6.07) is 7.32. The Bertz CT molecular complexity index is 1260. The van der Waals surface area contributed by atoms with Crippen LogP contribution in [0.3, 0.4) is 0 Å². The number of alkyl halides is 1. The molecule has 1 aromatic carbocycles. The molecule has 0 saturated carbocycles. The van der Waals surface area contributed by atoms with Gasteiger partial charge in [0.2, 0.25) is 11.8 Å². The number of amides is 2. The number of carbonyl (C=O) groups is 2. The van der Waals surface area contributed by atoms with Gasteiger partial charge < -0.3 is 9.88 Å². The fourth-order valence-corrected chi connectivity index (χ4v) is 4.00. The van der Waals surface area contributed by atoms with E-state index >= 15 is 0 Å². The van der Waals surface area contributed by atoms with Crippen molar-refractivity contribution in [3.63, 3.8) is 0 Å². The van der Waals surface area contributed by atoms with Crippen molar-refractivity contribution in [1.82, 2.24) is 30.4 Å². The molecule has 2 aromatic heterocycles. The lowest BCUT2D eigenvalue weighted by atomic mass is 10.0. The van der Waals surface area contributed by atoms with E-state index in [1.54, 1.807) is 11.7 Å². The fourth-order valence-electron chi connectivity index (χ4n) is 4.00. The first-order chi connectivity index (χ1) is 16.4. The maximum absolute atomic E-state index is 13.6. The maximum Gasteiger partial charge on any atom is 0.249 e. The molecule has 0 spiro atoms. The van der Waals surface area contributed by atoms with Crippen molar-refractivity contribution in [2.45, 2.75) is 38.0 Å². The van der Waals surface area contributed by atoms with Crippen LogP contribution in [0, 0.1) is 0 Å². The van der Waals surface area contributed by atoms with Crippen LogP contribution < -0.4 is 5.48 Å². The molecule has 0 radical (unpaired) electrons. The van der Waals surface area contributed by atoms with Crippen LogP contribution in [-0.2, 0) is 22.6 Å². The normalized spacial score (nSPS) is 16.6. The van der Waals surface area contributed by atoms with Gasteiger partial charge >= 0.3 is 0 Å². The fraction of sp³-hybridized carbons (Fsp3) is 0.304. The molecule has 1 aliphatic rings. The molecule has 4 rings (SSSR count). The molecule has 11 heteroatoms. The van der Waals surface area contributed by atoms with Crippen LogP contribution in [0.1, 0.15) is 30.1 Å². The van der Waals surface area contributed by atoms with E-state index in [-0.39, 0.29) is 25.0 Å². The second kappa shape index (κ2) is 9.96. The predicted octanol–water partition coefficient (Wildman–Crippen LogP) is 2.92. The Morgan fingerprint density at radius 3 is 2.91 bits per heavy atom. The number of benzene rings is 1. The van der Waals surface area contributed by atoms with Crippen molar-refractivity contribution >= 4 is 22.7 Å². The average molecular weight is 470 g/mol. The first kappa shape index (κ1) is 23.3. The van der Waals surface area contributed by atoms with Crippen LogP contribution in [0.15, 0.2) is 60.2 Å².